The smallest absolute Gasteiger partial charge is 0.111 e. The number of para-hydroxylation sites is 1. The molecule has 0 fully saturated rings. The Bertz CT molecular complexity index is 877. The molecule has 0 saturated heterocycles. The zero-order chi connectivity index (χ0) is 14.1. The van der Waals surface area contributed by atoms with Gasteiger partial charge in [-0.1, -0.05) is 18.2 Å². The summed E-state index contributed by atoms with van der Waals surface area (Å²) in [5.74, 6) is 0.824. The van der Waals surface area contributed by atoms with Gasteiger partial charge in [0.05, 0.1) is 22.2 Å². The van der Waals surface area contributed by atoms with Crippen LogP contribution < -0.4 is 0 Å². The number of hydrogen-bond donors (Lipinski definition) is 0. The summed E-state index contributed by atoms with van der Waals surface area (Å²) in [6.07, 6.45) is 0. The standard InChI is InChI=1S/C16H10N4/c1-11-19-15-7-12(9-17)13(10-18)8-16(15)20(11)14-5-3-2-4-6-14/h2-8H,1H3. The minimum atomic E-state index is 0.359. The first-order valence-electron chi connectivity index (χ1n) is 6.13. The average Bonchev–Trinajstić information content (AvgIpc) is 2.81. The molecule has 0 saturated carbocycles. The van der Waals surface area contributed by atoms with E-state index < -0.39 is 0 Å². The van der Waals surface area contributed by atoms with Gasteiger partial charge in [-0.2, -0.15) is 10.5 Å². The molecule has 20 heavy (non-hydrogen) atoms. The lowest BCUT2D eigenvalue weighted by molar-refractivity contribution is 1.00. The summed E-state index contributed by atoms with van der Waals surface area (Å²) >= 11 is 0. The fourth-order valence-electron chi connectivity index (χ4n) is 2.33. The van der Waals surface area contributed by atoms with Gasteiger partial charge < -0.3 is 0 Å². The summed E-state index contributed by atoms with van der Waals surface area (Å²) in [6.45, 7) is 1.91. The molecular formula is C16H10N4. The molecule has 0 amide bonds. The molecule has 1 heterocycles. The van der Waals surface area contributed by atoms with Crippen LogP contribution in [0.3, 0.4) is 0 Å². The quantitative estimate of drug-likeness (QED) is 0.673. The van der Waals surface area contributed by atoms with Crippen LogP contribution in [-0.2, 0) is 0 Å². The molecule has 4 heteroatoms. The van der Waals surface area contributed by atoms with Gasteiger partial charge in [0, 0.05) is 5.69 Å². The lowest BCUT2D eigenvalue weighted by Gasteiger charge is -2.06. The van der Waals surface area contributed by atoms with E-state index in [1.54, 1.807) is 12.1 Å². The van der Waals surface area contributed by atoms with Gasteiger partial charge in [0.1, 0.15) is 18.0 Å². The molecule has 0 aliphatic heterocycles. The third kappa shape index (κ3) is 1.72. The van der Waals surface area contributed by atoms with Crippen molar-refractivity contribution < 1.29 is 0 Å². The molecule has 0 N–H and O–H groups in total. The molecule has 0 radical (unpaired) electrons. The highest BCUT2D eigenvalue weighted by molar-refractivity contribution is 5.82. The minimum Gasteiger partial charge on any atom is -0.296 e. The largest absolute Gasteiger partial charge is 0.296 e. The van der Waals surface area contributed by atoms with Gasteiger partial charge in [-0.25, -0.2) is 4.98 Å². The molecule has 0 aliphatic carbocycles. The minimum absolute atomic E-state index is 0.359. The highest BCUT2D eigenvalue weighted by atomic mass is 15.1. The Hall–Kier alpha value is -3.11. The van der Waals surface area contributed by atoms with Crippen LogP contribution in [0, 0.1) is 29.6 Å². The predicted octanol–water partition coefficient (Wildman–Crippen LogP) is 3.08. The lowest BCUT2D eigenvalue weighted by Crippen LogP contribution is -1.96. The highest BCUT2D eigenvalue weighted by Gasteiger charge is 2.12. The maximum Gasteiger partial charge on any atom is 0.111 e. The molecule has 4 nitrogen and oxygen atoms in total. The molecule has 0 spiro atoms. The van der Waals surface area contributed by atoms with E-state index in [0.29, 0.717) is 11.1 Å². The van der Waals surface area contributed by atoms with E-state index in [1.165, 1.54) is 0 Å². The van der Waals surface area contributed by atoms with Crippen LogP contribution in [0.5, 0.6) is 0 Å². The van der Waals surface area contributed by atoms with Crippen molar-refractivity contribution in [2.75, 3.05) is 0 Å². The number of aryl methyl sites for hydroxylation is 1. The van der Waals surface area contributed by atoms with Crippen LogP contribution in [0.25, 0.3) is 16.7 Å². The first-order valence-corrected chi connectivity index (χ1v) is 6.13. The van der Waals surface area contributed by atoms with Crippen LogP contribution in [0.2, 0.25) is 0 Å². The summed E-state index contributed by atoms with van der Waals surface area (Å²) < 4.78 is 1.98. The van der Waals surface area contributed by atoms with Crippen LogP contribution in [0.1, 0.15) is 17.0 Å². The van der Waals surface area contributed by atoms with Crippen molar-refractivity contribution in [2.45, 2.75) is 6.92 Å². The van der Waals surface area contributed by atoms with Crippen LogP contribution in [0.4, 0.5) is 0 Å². The summed E-state index contributed by atoms with van der Waals surface area (Å²) in [4.78, 5) is 4.48. The Balaban J connectivity index is 2.38. The second kappa shape index (κ2) is 4.53. The van der Waals surface area contributed by atoms with E-state index in [2.05, 4.69) is 11.1 Å². The molecule has 0 atom stereocenters. The van der Waals surface area contributed by atoms with Crippen molar-refractivity contribution in [3.8, 4) is 17.8 Å². The fraction of sp³-hybridized carbons (Fsp3) is 0.0625. The average molecular weight is 258 g/mol. The first-order chi connectivity index (χ1) is 9.74. The van der Waals surface area contributed by atoms with Gasteiger partial charge in [0.2, 0.25) is 0 Å². The van der Waals surface area contributed by atoms with E-state index in [0.717, 1.165) is 22.5 Å². The van der Waals surface area contributed by atoms with E-state index in [9.17, 15) is 0 Å². The molecule has 1 aromatic heterocycles. The molecule has 3 aromatic rings. The van der Waals surface area contributed by atoms with E-state index in [4.69, 9.17) is 10.5 Å². The Labute approximate surface area is 116 Å². The maximum absolute atomic E-state index is 9.15. The molecule has 94 valence electrons. The second-order valence-corrected chi connectivity index (χ2v) is 4.44. The third-order valence-electron chi connectivity index (χ3n) is 3.22. The highest BCUT2D eigenvalue weighted by Crippen LogP contribution is 2.24. The van der Waals surface area contributed by atoms with Crippen LogP contribution >= 0.6 is 0 Å². The zero-order valence-electron chi connectivity index (χ0n) is 10.8. The van der Waals surface area contributed by atoms with Gasteiger partial charge in [0.25, 0.3) is 0 Å². The summed E-state index contributed by atoms with van der Waals surface area (Å²) in [5.41, 5.74) is 3.28. The second-order valence-electron chi connectivity index (χ2n) is 4.44. The van der Waals surface area contributed by atoms with Crippen molar-refractivity contribution >= 4 is 11.0 Å². The number of nitriles is 2. The number of imidazole rings is 1. The third-order valence-corrected chi connectivity index (χ3v) is 3.22. The maximum atomic E-state index is 9.15. The van der Waals surface area contributed by atoms with Gasteiger partial charge in [-0.05, 0) is 31.2 Å². The van der Waals surface area contributed by atoms with Crippen molar-refractivity contribution in [3.05, 3.63) is 59.4 Å². The number of hydrogen-bond acceptors (Lipinski definition) is 3. The summed E-state index contributed by atoms with van der Waals surface area (Å²) in [5, 5.41) is 18.2. The molecule has 2 aromatic carbocycles. The zero-order valence-corrected chi connectivity index (χ0v) is 10.8. The van der Waals surface area contributed by atoms with E-state index in [-0.39, 0.29) is 0 Å². The summed E-state index contributed by atoms with van der Waals surface area (Å²) in [7, 11) is 0. The number of rotatable bonds is 1. The van der Waals surface area contributed by atoms with Gasteiger partial charge in [0.15, 0.2) is 0 Å². The molecule has 0 unspecified atom stereocenters. The predicted molar refractivity (Wildman–Crippen MR) is 75.2 cm³/mol. The van der Waals surface area contributed by atoms with Gasteiger partial charge >= 0.3 is 0 Å². The SMILES string of the molecule is Cc1nc2cc(C#N)c(C#N)cc2n1-c1ccccc1. The van der Waals surface area contributed by atoms with Crippen LogP contribution in [-0.4, -0.2) is 9.55 Å². The number of aromatic nitrogens is 2. The topological polar surface area (TPSA) is 65.4 Å². The Morgan fingerprint density at radius 1 is 1.00 bits per heavy atom. The Morgan fingerprint density at radius 3 is 2.30 bits per heavy atom. The number of fused-ring (bicyclic) bond motifs is 1. The molecular weight excluding hydrogens is 248 g/mol. The van der Waals surface area contributed by atoms with Gasteiger partial charge in [-0.3, -0.25) is 4.57 Å². The Morgan fingerprint density at radius 2 is 1.65 bits per heavy atom. The van der Waals surface area contributed by atoms with Crippen LogP contribution in [0.15, 0.2) is 42.5 Å². The normalized spacial score (nSPS) is 10.2. The lowest BCUT2D eigenvalue weighted by atomic mass is 10.1. The van der Waals surface area contributed by atoms with E-state index >= 15 is 0 Å². The van der Waals surface area contributed by atoms with Crippen molar-refractivity contribution in [2.24, 2.45) is 0 Å². The molecule has 3 rings (SSSR count). The first kappa shape index (κ1) is 12.0. The van der Waals surface area contributed by atoms with Crippen molar-refractivity contribution in [1.29, 1.82) is 10.5 Å². The van der Waals surface area contributed by atoms with Crippen molar-refractivity contribution in [1.82, 2.24) is 9.55 Å². The summed E-state index contributed by atoms with van der Waals surface area (Å²) in [6, 6.07) is 17.3. The molecule has 0 bridgehead atoms. The Kier molecular flexibility index (Phi) is 2.71. The molecule has 0 aliphatic rings. The van der Waals surface area contributed by atoms with Gasteiger partial charge in [-0.15, -0.1) is 0 Å². The number of benzene rings is 2. The fourth-order valence-corrected chi connectivity index (χ4v) is 2.33. The van der Waals surface area contributed by atoms with E-state index in [1.807, 2.05) is 47.9 Å². The monoisotopic (exact) mass is 258 g/mol. The number of nitrogens with zero attached hydrogens (tertiary/aromatic N) is 4. The van der Waals surface area contributed by atoms with Crippen molar-refractivity contribution in [3.63, 3.8) is 0 Å².